The largest absolute Gasteiger partial charge is 0.396 e. The fourth-order valence-electron chi connectivity index (χ4n) is 1.87. The summed E-state index contributed by atoms with van der Waals surface area (Å²) in [5, 5.41) is 13.2. The third-order valence-corrected chi connectivity index (χ3v) is 2.97. The summed E-state index contributed by atoms with van der Waals surface area (Å²) < 4.78 is 0. The van der Waals surface area contributed by atoms with Gasteiger partial charge in [-0.05, 0) is 24.5 Å². The molecule has 0 saturated carbocycles. The van der Waals surface area contributed by atoms with Crippen molar-refractivity contribution in [1.29, 1.82) is 0 Å². The van der Waals surface area contributed by atoms with E-state index >= 15 is 0 Å². The van der Waals surface area contributed by atoms with Gasteiger partial charge in [0.15, 0.2) is 0 Å². The highest BCUT2D eigenvalue weighted by atomic mass is 16.3. The molecule has 0 amide bonds. The van der Waals surface area contributed by atoms with Crippen molar-refractivity contribution in [2.75, 3.05) is 23.9 Å². The number of hydrogen-bond acceptors (Lipinski definition) is 6. The monoisotopic (exact) mass is 261 g/mol. The number of benzene rings is 1. The number of nitrogens with one attached hydrogen (secondary N) is 2. The first kappa shape index (κ1) is 13.5. The maximum absolute atomic E-state index is 8.91. The second kappa shape index (κ2) is 6.31. The molecule has 19 heavy (non-hydrogen) atoms. The van der Waals surface area contributed by atoms with Crippen LogP contribution in [0.5, 0.6) is 0 Å². The minimum absolute atomic E-state index is 0.197. The number of aromatic nitrogens is 2. The number of aliphatic hydroxyl groups excluding tert-OH is 1. The third kappa shape index (κ3) is 3.30. The molecule has 0 radical (unpaired) electrons. The summed E-state index contributed by atoms with van der Waals surface area (Å²) in [6, 6.07) is 7.76. The number of nitrogens with two attached hydrogens (primary N) is 1. The van der Waals surface area contributed by atoms with Gasteiger partial charge >= 0.3 is 0 Å². The van der Waals surface area contributed by atoms with Gasteiger partial charge in [0.1, 0.15) is 5.82 Å². The number of rotatable bonds is 6. The molecule has 1 atom stereocenters. The number of nitrogen functional groups attached to an aromatic ring is 1. The highest BCUT2D eigenvalue weighted by Crippen LogP contribution is 2.21. The average molecular weight is 261 g/mol. The molecule has 6 nitrogen and oxygen atoms in total. The number of anilines is 2. The Kier molecular flexibility index (Phi) is 4.48. The lowest BCUT2D eigenvalue weighted by molar-refractivity contribution is 0.266. The average Bonchev–Trinajstić information content (AvgIpc) is 2.44. The van der Waals surface area contributed by atoms with E-state index in [1.807, 2.05) is 24.3 Å². The van der Waals surface area contributed by atoms with E-state index in [1.54, 1.807) is 0 Å². The van der Waals surface area contributed by atoms with Gasteiger partial charge in [-0.3, -0.25) is 5.43 Å². The Morgan fingerprint density at radius 3 is 2.84 bits per heavy atom. The maximum Gasteiger partial charge on any atom is 0.239 e. The van der Waals surface area contributed by atoms with E-state index in [0.29, 0.717) is 11.9 Å². The predicted molar refractivity (Wildman–Crippen MR) is 76.7 cm³/mol. The highest BCUT2D eigenvalue weighted by Gasteiger charge is 2.08. The molecule has 1 unspecified atom stereocenters. The number of nitrogens with zero attached hydrogens (tertiary/aromatic N) is 2. The number of aliphatic hydroxyl groups is 1. The molecule has 102 valence electrons. The molecule has 1 aromatic carbocycles. The van der Waals surface area contributed by atoms with Crippen molar-refractivity contribution in [2.24, 2.45) is 11.8 Å². The van der Waals surface area contributed by atoms with Crippen LogP contribution in [0.15, 0.2) is 24.3 Å². The van der Waals surface area contributed by atoms with Gasteiger partial charge in [-0.15, -0.1) is 0 Å². The molecule has 1 aromatic heterocycles. The zero-order chi connectivity index (χ0) is 13.7. The van der Waals surface area contributed by atoms with Crippen LogP contribution in [0.2, 0.25) is 0 Å². The normalized spacial score (nSPS) is 12.4. The van der Waals surface area contributed by atoms with Crippen LogP contribution in [0.4, 0.5) is 11.8 Å². The molecule has 5 N–H and O–H groups in total. The molecule has 2 rings (SSSR count). The van der Waals surface area contributed by atoms with Crippen molar-refractivity contribution < 1.29 is 5.11 Å². The summed E-state index contributed by atoms with van der Waals surface area (Å²) in [7, 11) is 0. The second-order valence-corrected chi connectivity index (χ2v) is 4.56. The van der Waals surface area contributed by atoms with E-state index in [4.69, 9.17) is 10.9 Å². The van der Waals surface area contributed by atoms with Crippen molar-refractivity contribution in [2.45, 2.75) is 13.3 Å². The molecule has 0 saturated heterocycles. The van der Waals surface area contributed by atoms with Crippen molar-refractivity contribution >= 4 is 22.7 Å². The number of fused-ring (bicyclic) bond motifs is 1. The first-order valence-corrected chi connectivity index (χ1v) is 6.32. The van der Waals surface area contributed by atoms with Crippen molar-refractivity contribution in [3.8, 4) is 0 Å². The molecule has 0 aliphatic heterocycles. The molecule has 6 heteroatoms. The predicted octanol–water partition coefficient (Wildman–Crippen LogP) is 1.35. The summed E-state index contributed by atoms with van der Waals surface area (Å²) in [5.74, 6) is 6.88. The first-order chi connectivity index (χ1) is 9.24. The number of hydrazine groups is 1. The lowest BCUT2D eigenvalue weighted by Gasteiger charge is -2.14. The second-order valence-electron chi connectivity index (χ2n) is 4.56. The van der Waals surface area contributed by atoms with E-state index in [2.05, 4.69) is 27.6 Å². The van der Waals surface area contributed by atoms with Gasteiger partial charge in [-0.2, -0.15) is 4.98 Å². The zero-order valence-corrected chi connectivity index (χ0v) is 10.9. The highest BCUT2D eigenvalue weighted by molar-refractivity contribution is 5.89. The Labute approximate surface area is 112 Å². The Morgan fingerprint density at radius 1 is 1.32 bits per heavy atom. The third-order valence-electron chi connectivity index (χ3n) is 2.97. The zero-order valence-electron chi connectivity index (χ0n) is 10.9. The molecular formula is C13H19N5O. The summed E-state index contributed by atoms with van der Waals surface area (Å²) in [4.78, 5) is 8.62. The standard InChI is InChI=1S/C13H19N5O/c1-9(6-7-19)8-15-12-10-4-2-3-5-11(10)16-13(17-12)18-14/h2-5,9,19H,6-8,14H2,1H3,(H2,15,16,17,18). The lowest BCUT2D eigenvalue weighted by atomic mass is 10.1. The topological polar surface area (TPSA) is 96.1 Å². The van der Waals surface area contributed by atoms with E-state index in [1.165, 1.54) is 0 Å². The molecule has 1 heterocycles. The fourth-order valence-corrected chi connectivity index (χ4v) is 1.87. The van der Waals surface area contributed by atoms with Gasteiger partial charge in [-0.25, -0.2) is 10.8 Å². The number of para-hydroxylation sites is 1. The van der Waals surface area contributed by atoms with Gasteiger partial charge in [-0.1, -0.05) is 19.1 Å². The Balaban J connectivity index is 2.25. The smallest absolute Gasteiger partial charge is 0.239 e. The summed E-state index contributed by atoms with van der Waals surface area (Å²) >= 11 is 0. The number of hydrogen-bond donors (Lipinski definition) is 4. The SMILES string of the molecule is CC(CCO)CNc1nc(NN)nc2ccccc12. The van der Waals surface area contributed by atoms with Crippen LogP contribution in [0, 0.1) is 5.92 Å². The summed E-state index contributed by atoms with van der Waals surface area (Å²) in [5.41, 5.74) is 3.31. The van der Waals surface area contributed by atoms with Crippen molar-refractivity contribution in [1.82, 2.24) is 9.97 Å². The van der Waals surface area contributed by atoms with Gasteiger partial charge in [0, 0.05) is 18.5 Å². The van der Waals surface area contributed by atoms with E-state index in [-0.39, 0.29) is 6.61 Å². The van der Waals surface area contributed by atoms with E-state index < -0.39 is 0 Å². The van der Waals surface area contributed by atoms with Crippen molar-refractivity contribution in [3.63, 3.8) is 0 Å². The van der Waals surface area contributed by atoms with Crippen LogP contribution in [0.3, 0.4) is 0 Å². The lowest BCUT2D eigenvalue weighted by Crippen LogP contribution is -2.16. The van der Waals surface area contributed by atoms with Gasteiger partial charge < -0.3 is 10.4 Å². The van der Waals surface area contributed by atoms with Crippen LogP contribution in [0.25, 0.3) is 10.9 Å². The van der Waals surface area contributed by atoms with E-state index in [0.717, 1.165) is 29.7 Å². The molecule has 0 aliphatic carbocycles. The maximum atomic E-state index is 8.91. The minimum atomic E-state index is 0.197. The Hall–Kier alpha value is -1.92. The molecule has 0 bridgehead atoms. The van der Waals surface area contributed by atoms with Crippen LogP contribution in [-0.2, 0) is 0 Å². The minimum Gasteiger partial charge on any atom is -0.396 e. The first-order valence-electron chi connectivity index (χ1n) is 6.32. The Morgan fingerprint density at radius 2 is 2.11 bits per heavy atom. The summed E-state index contributed by atoms with van der Waals surface area (Å²) in [6.07, 6.45) is 0.762. The molecule has 0 fully saturated rings. The van der Waals surface area contributed by atoms with Crippen LogP contribution >= 0.6 is 0 Å². The molecule has 0 aliphatic rings. The molecular weight excluding hydrogens is 242 g/mol. The molecule has 2 aromatic rings. The summed E-state index contributed by atoms with van der Waals surface area (Å²) in [6.45, 7) is 3.02. The van der Waals surface area contributed by atoms with E-state index in [9.17, 15) is 0 Å². The van der Waals surface area contributed by atoms with Crippen molar-refractivity contribution in [3.05, 3.63) is 24.3 Å². The molecule has 0 spiro atoms. The van der Waals surface area contributed by atoms with Gasteiger partial charge in [0.2, 0.25) is 5.95 Å². The quantitative estimate of drug-likeness (QED) is 0.463. The van der Waals surface area contributed by atoms with Crippen LogP contribution in [0.1, 0.15) is 13.3 Å². The van der Waals surface area contributed by atoms with Gasteiger partial charge in [0.25, 0.3) is 0 Å². The van der Waals surface area contributed by atoms with Gasteiger partial charge in [0.05, 0.1) is 5.52 Å². The van der Waals surface area contributed by atoms with Crippen LogP contribution in [-0.4, -0.2) is 28.2 Å². The van der Waals surface area contributed by atoms with Crippen LogP contribution < -0.4 is 16.6 Å². The fraction of sp³-hybridized carbons (Fsp3) is 0.385. The Bertz CT molecular complexity index is 546.